The minimum atomic E-state index is -0.814. The zero-order chi connectivity index (χ0) is 21.0. The number of ether oxygens (including phenoxy) is 2. The van der Waals surface area contributed by atoms with Crippen molar-refractivity contribution in [3.05, 3.63) is 51.9 Å². The first-order chi connectivity index (χ1) is 13.9. The van der Waals surface area contributed by atoms with Crippen molar-refractivity contribution in [2.24, 2.45) is 0 Å². The largest absolute Gasteiger partial charge is 0.493 e. The van der Waals surface area contributed by atoms with Crippen LogP contribution in [0.2, 0.25) is 0 Å². The van der Waals surface area contributed by atoms with Gasteiger partial charge in [-0.05, 0) is 51.8 Å². The summed E-state index contributed by atoms with van der Waals surface area (Å²) in [6.45, 7) is -0.0612. The summed E-state index contributed by atoms with van der Waals surface area (Å²) in [5, 5.41) is 2.15. The number of terminal acetylenes is 1. The molecule has 3 rings (SSSR count). The SMILES string of the molecule is C#CCOc1c(Br)cc(C=C2C(=O)NC(=O)N(Cc3ccco3)C2=O)cc1OC. The van der Waals surface area contributed by atoms with Crippen LogP contribution < -0.4 is 14.8 Å². The summed E-state index contributed by atoms with van der Waals surface area (Å²) < 4.78 is 16.4. The van der Waals surface area contributed by atoms with E-state index < -0.39 is 17.8 Å². The molecule has 1 aromatic heterocycles. The fourth-order valence-corrected chi connectivity index (χ4v) is 3.21. The Kier molecular flexibility index (Phi) is 6.04. The van der Waals surface area contributed by atoms with Gasteiger partial charge in [0.15, 0.2) is 11.5 Å². The van der Waals surface area contributed by atoms with Gasteiger partial charge in [0.2, 0.25) is 0 Å². The molecule has 2 heterocycles. The summed E-state index contributed by atoms with van der Waals surface area (Å²) in [6, 6.07) is 5.66. The second-order valence-corrected chi connectivity index (χ2v) is 6.67. The number of barbiturate groups is 1. The van der Waals surface area contributed by atoms with Crippen molar-refractivity contribution in [1.82, 2.24) is 10.2 Å². The highest BCUT2D eigenvalue weighted by Gasteiger charge is 2.36. The van der Waals surface area contributed by atoms with Gasteiger partial charge in [0.25, 0.3) is 11.8 Å². The third-order valence-electron chi connectivity index (χ3n) is 3.94. The molecule has 148 valence electrons. The van der Waals surface area contributed by atoms with Gasteiger partial charge in [-0.1, -0.05) is 5.92 Å². The van der Waals surface area contributed by atoms with E-state index in [9.17, 15) is 14.4 Å². The van der Waals surface area contributed by atoms with Gasteiger partial charge < -0.3 is 13.9 Å². The van der Waals surface area contributed by atoms with E-state index in [1.165, 1.54) is 19.4 Å². The molecule has 1 aliphatic heterocycles. The summed E-state index contributed by atoms with van der Waals surface area (Å²) in [5.74, 6) is 1.98. The average molecular weight is 459 g/mol. The Hall–Kier alpha value is -3.51. The van der Waals surface area contributed by atoms with E-state index in [1.54, 1.807) is 24.3 Å². The summed E-state index contributed by atoms with van der Waals surface area (Å²) in [6.07, 6.45) is 8.00. The highest BCUT2D eigenvalue weighted by atomic mass is 79.9. The zero-order valence-electron chi connectivity index (χ0n) is 15.2. The molecule has 2 aromatic rings. The van der Waals surface area contributed by atoms with Gasteiger partial charge in [0.1, 0.15) is 17.9 Å². The number of hydrogen-bond donors (Lipinski definition) is 1. The normalized spacial score (nSPS) is 15.3. The van der Waals surface area contributed by atoms with E-state index >= 15 is 0 Å². The fourth-order valence-electron chi connectivity index (χ4n) is 2.64. The fraction of sp³-hybridized carbons (Fsp3) is 0.150. The molecule has 0 atom stereocenters. The molecule has 1 aliphatic rings. The lowest BCUT2D eigenvalue weighted by Gasteiger charge is -2.25. The maximum absolute atomic E-state index is 12.8. The number of halogens is 1. The number of carbonyl (C=O) groups excluding carboxylic acids is 3. The second kappa shape index (κ2) is 8.67. The molecule has 0 bridgehead atoms. The number of benzene rings is 1. The van der Waals surface area contributed by atoms with E-state index in [1.807, 2.05) is 0 Å². The Balaban J connectivity index is 1.94. The number of urea groups is 1. The van der Waals surface area contributed by atoms with Crippen molar-refractivity contribution in [3.8, 4) is 23.8 Å². The molecule has 4 amide bonds. The number of furan rings is 1. The molecule has 1 saturated heterocycles. The van der Waals surface area contributed by atoms with Gasteiger partial charge in [0.05, 0.1) is 24.4 Å². The predicted molar refractivity (Wildman–Crippen MR) is 106 cm³/mol. The van der Waals surface area contributed by atoms with Gasteiger partial charge in [0, 0.05) is 0 Å². The lowest BCUT2D eigenvalue weighted by Crippen LogP contribution is -2.53. The van der Waals surface area contributed by atoms with Crippen LogP contribution in [0.1, 0.15) is 11.3 Å². The summed E-state index contributed by atoms with van der Waals surface area (Å²) >= 11 is 3.36. The molecule has 0 radical (unpaired) electrons. The van der Waals surface area contributed by atoms with E-state index in [0.29, 0.717) is 27.3 Å². The number of nitrogens with zero attached hydrogens (tertiary/aromatic N) is 1. The quantitative estimate of drug-likeness (QED) is 0.406. The number of carbonyl (C=O) groups is 3. The number of hydrogen-bond acceptors (Lipinski definition) is 6. The monoisotopic (exact) mass is 458 g/mol. The Labute approximate surface area is 174 Å². The number of amides is 4. The van der Waals surface area contributed by atoms with Gasteiger partial charge >= 0.3 is 6.03 Å². The Morgan fingerprint density at radius 2 is 2.14 bits per heavy atom. The van der Waals surface area contributed by atoms with Gasteiger partial charge in [-0.2, -0.15) is 0 Å². The van der Waals surface area contributed by atoms with Crippen molar-refractivity contribution in [2.45, 2.75) is 6.54 Å². The highest BCUT2D eigenvalue weighted by molar-refractivity contribution is 9.10. The van der Waals surface area contributed by atoms with Gasteiger partial charge in [-0.25, -0.2) is 4.79 Å². The molecule has 1 N–H and O–H groups in total. The molecule has 0 saturated carbocycles. The molecule has 0 aliphatic carbocycles. The summed E-state index contributed by atoms with van der Waals surface area (Å²) in [5.41, 5.74) is 0.273. The smallest absolute Gasteiger partial charge is 0.331 e. The topological polar surface area (TPSA) is 98.1 Å². The second-order valence-electron chi connectivity index (χ2n) is 5.81. The van der Waals surface area contributed by atoms with Crippen molar-refractivity contribution >= 4 is 39.9 Å². The lowest BCUT2D eigenvalue weighted by molar-refractivity contribution is -0.130. The van der Waals surface area contributed by atoms with Gasteiger partial charge in [-0.3, -0.25) is 19.8 Å². The maximum Gasteiger partial charge on any atom is 0.331 e. The van der Waals surface area contributed by atoms with Crippen LogP contribution >= 0.6 is 15.9 Å². The first kappa shape index (κ1) is 20.2. The van der Waals surface area contributed by atoms with Crippen LogP contribution in [-0.2, 0) is 16.1 Å². The Bertz CT molecular complexity index is 1040. The first-order valence-electron chi connectivity index (χ1n) is 8.29. The van der Waals surface area contributed by atoms with Crippen LogP contribution in [0.5, 0.6) is 11.5 Å². The number of methoxy groups -OCH3 is 1. The third kappa shape index (κ3) is 4.33. The highest BCUT2D eigenvalue weighted by Crippen LogP contribution is 2.37. The molecule has 29 heavy (non-hydrogen) atoms. The minimum Gasteiger partial charge on any atom is -0.493 e. The summed E-state index contributed by atoms with van der Waals surface area (Å²) in [7, 11) is 1.45. The Morgan fingerprint density at radius 3 is 2.79 bits per heavy atom. The molecule has 8 nitrogen and oxygen atoms in total. The van der Waals surface area contributed by atoms with Crippen LogP contribution in [0.4, 0.5) is 4.79 Å². The number of imide groups is 2. The van der Waals surface area contributed by atoms with Gasteiger partial charge in [-0.15, -0.1) is 6.42 Å². The van der Waals surface area contributed by atoms with Crippen molar-refractivity contribution in [2.75, 3.05) is 13.7 Å². The van der Waals surface area contributed by atoms with Crippen molar-refractivity contribution < 1.29 is 28.3 Å². The minimum absolute atomic E-state index is 0.0418. The molecule has 1 aromatic carbocycles. The number of nitrogens with one attached hydrogen (secondary N) is 1. The molecule has 1 fully saturated rings. The van der Waals surface area contributed by atoms with Crippen LogP contribution in [0.15, 0.2) is 45.0 Å². The van der Waals surface area contributed by atoms with Crippen LogP contribution in [-0.4, -0.2) is 36.5 Å². The first-order valence-corrected chi connectivity index (χ1v) is 9.09. The standard InChI is InChI=1S/C20H15BrN2O6/c1-3-6-29-17-15(21)9-12(10-16(17)27-2)8-14-18(24)22-20(26)23(19(14)25)11-13-5-4-7-28-13/h1,4-5,7-10H,6,11H2,2H3,(H,22,24,26). The summed E-state index contributed by atoms with van der Waals surface area (Å²) in [4.78, 5) is 38.0. The van der Waals surface area contributed by atoms with E-state index in [4.69, 9.17) is 20.3 Å². The van der Waals surface area contributed by atoms with Crippen molar-refractivity contribution in [1.29, 1.82) is 0 Å². The average Bonchev–Trinajstić information content (AvgIpc) is 3.20. The molecule has 9 heteroatoms. The molecule has 0 spiro atoms. The predicted octanol–water partition coefficient (Wildman–Crippen LogP) is 2.72. The van der Waals surface area contributed by atoms with Crippen LogP contribution in [0, 0.1) is 12.3 Å². The van der Waals surface area contributed by atoms with E-state index in [2.05, 4.69) is 27.2 Å². The molecular formula is C20H15BrN2O6. The Morgan fingerprint density at radius 1 is 1.34 bits per heavy atom. The van der Waals surface area contributed by atoms with Crippen LogP contribution in [0.3, 0.4) is 0 Å². The van der Waals surface area contributed by atoms with Crippen LogP contribution in [0.25, 0.3) is 6.08 Å². The van der Waals surface area contributed by atoms with E-state index in [0.717, 1.165) is 4.90 Å². The number of rotatable bonds is 6. The molecule has 0 unspecified atom stereocenters. The van der Waals surface area contributed by atoms with E-state index in [-0.39, 0.29) is 18.7 Å². The third-order valence-corrected chi connectivity index (χ3v) is 4.53. The van der Waals surface area contributed by atoms with Crippen molar-refractivity contribution in [3.63, 3.8) is 0 Å². The zero-order valence-corrected chi connectivity index (χ0v) is 16.8. The lowest BCUT2D eigenvalue weighted by atomic mass is 10.1. The molecular weight excluding hydrogens is 444 g/mol. The maximum atomic E-state index is 12.8.